The molecule has 0 radical (unpaired) electrons. The second-order valence-corrected chi connectivity index (χ2v) is 10.1. The predicted octanol–water partition coefficient (Wildman–Crippen LogP) is 5.28. The van der Waals surface area contributed by atoms with Crippen molar-refractivity contribution in [2.45, 2.75) is 59.9 Å². The molecular weight excluding hydrogens is 492 g/mol. The number of hydrogen-bond acceptors (Lipinski definition) is 6. The lowest BCUT2D eigenvalue weighted by Gasteiger charge is -2.27. The number of aryl methyl sites for hydroxylation is 2. The van der Waals surface area contributed by atoms with Crippen molar-refractivity contribution >= 4 is 23.1 Å². The van der Waals surface area contributed by atoms with Gasteiger partial charge in [0.25, 0.3) is 11.7 Å². The molecule has 1 atom stereocenters. The Morgan fingerprint density at radius 2 is 1.77 bits per heavy atom. The lowest BCUT2D eigenvalue weighted by Crippen LogP contribution is -2.33. The fourth-order valence-electron chi connectivity index (χ4n) is 5.22. The summed E-state index contributed by atoms with van der Waals surface area (Å²) in [5.74, 6) is -0.787. The van der Waals surface area contributed by atoms with E-state index in [9.17, 15) is 14.7 Å². The van der Waals surface area contributed by atoms with Gasteiger partial charge < -0.3 is 24.0 Å². The maximum absolute atomic E-state index is 13.5. The predicted molar refractivity (Wildman–Crippen MR) is 153 cm³/mol. The van der Waals surface area contributed by atoms with Crippen molar-refractivity contribution < 1.29 is 19.4 Å². The highest BCUT2D eigenvalue weighted by molar-refractivity contribution is 6.46. The summed E-state index contributed by atoms with van der Waals surface area (Å²) in [5.41, 5.74) is 3.50. The Morgan fingerprint density at radius 3 is 2.41 bits per heavy atom. The lowest BCUT2D eigenvalue weighted by atomic mass is 9.96. The zero-order valence-electron chi connectivity index (χ0n) is 23.7. The molecule has 1 aliphatic heterocycles. The molecule has 1 amide bonds. The van der Waals surface area contributed by atoms with Gasteiger partial charge in [0.1, 0.15) is 17.1 Å². The molecule has 8 nitrogen and oxygen atoms in total. The van der Waals surface area contributed by atoms with Crippen LogP contribution in [0.15, 0.2) is 48.2 Å². The van der Waals surface area contributed by atoms with E-state index in [4.69, 9.17) is 4.74 Å². The van der Waals surface area contributed by atoms with Crippen LogP contribution in [0.4, 0.5) is 0 Å². The number of hydrogen-bond donors (Lipinski definition) is 1. The molecule has 1 unspecified atom stereocenters. The van der Waals surface area contributed by atoms with Crippen LogP contribution in [0.3, 0.4) is 0 Å². The van der Waals surface area contributed by atoms with E-state index in [0.29, 0.717) is 30.2 Å². The fraction of sp³-hybridized carbons (Fsp3) is 0.452. The van der Waals surface area contributed by atoms with Crippen LogP contribution >= 0.6 is 0 Å². The van der Waals surface area contributed by atoms with E-state index < -0.39 is 17.7 Å². The Balaban J connectivity index is 1.76. The maximum atomic E-state index is 13.5. The Morgan fingerprint density at radius 1 is 1.05 bits per heavy atom. The SMILES string of the molecule is CCCCOc1ccc(C2C(=C(O)c3nc4c(C)cccn4c3C)C(=O)C(=O)N2CCCN(CC)CC)cc1. The quantitative estimate of drug-likeness (QED) is 0.148. The molecule has 4 rings (SSSR count). The minimum Gasteiger partial charge on any atom is -0.505 e. The number of ether oxygens (including phenoxy) is 1. The molecule has 0 saturated carbocycles. The van der Waals surface area contributed by atoms with E-state index >= 15 is 0 Å². The second kappa shape index (κ2) is 12.5. The molecule has 2 aromatic heterocycles. The summed E-state index contributed by atoms with van der Waals surface area (Å²) in [6, 6.07) is 10.6. The van der Waals surface area contributed by atoms with Gasteiger partial charge in [-0.25, -0.2) is 4.98 Å². The van der Waals surface area contributed by atoms with E-state index in [1.165, 1.54) is 0 Å². The average molecular weight is 533 g/mol. The van der Waals surface area contributed by atoms with Gasteiger partial charge >= 0.3 is 0 Å². The number of unbranched alkanes of at least 4 members (excludes halogenated alkanes) is 1. The van der Waals surface area contributed by atoms with Crippen LogP contribution in [0.1, 0.15) is 68.6 Å². The van der Waals surface area contributed by atoms with Crippen LogP contribution in [0.25, 0.3) is 11.4 Å². The number of Topliss-reactive ketones (excluding diaryl/α,β-unsaturated/α-hetero) is 1. The average Bonchev–Trinajstić information content (AvgIpc) is 3.41. The molecule has 0 bridgehead atoms. The van der Waals surface area contributed by atoms with Crippen LogP contribution in [0.2, 0.25) is 0 Å². The van der Waals surface area contributed by atoms with Crippen molar-refractivity contribution in [3.05, 3.63) is 70.7 Å². The number of amides is 1. The number of aliphatic hydroxyl groups is 1. The van der Waals surface area contributed by atoms with Gasteiger partial charge in [-0.1, -0.05) is 45.4 Å². The highest BCUT2D eigenvalue weighted by Gasteiger charge is 2.46. The molecule has 1 aromatic carbocycles. The Labute approximate surface area is 230 Å². The van der Waals surface area contributed by atoms with Crippen LogP contribution in [-0.4, -0.2) is 68.8 Å². The second-order valence-electron chi connectivity index (χ2n) is 10.1. The molecule has 208 valence electrons. The zero-order valence-corrected chi connectivity index (χ0v) is 23.7. The molecule has 1 aliphatic rings. The lowest BCUT2D eigenvalue weighted by molar-refractivity contribution is -0.140. The zero-order chi connectivity index (χ0) is 28.1. The number of carbonyl (C=O) groups excluding carboxylic acids is 2. The minimum absolute atomic E-state index is 0.0756. The summed E-state index contributed by atoms with van der Waals surface area (Å²) in [7, 11) is 0. The standard InChI is InChI=1S/C31H40N4O4/c1-6-9-20-39-24-15-13-23(14-16-24)27-25(29(37)31(38)35(27)19-11-17-33(7-2)8-3)28(36)26-22(5)34-18-10-12-21(4)30(34)32-26/h10,12-16,18,27,36H,6-9,11,17,19-20H2,1-5H3. The number of ketones is 1. The highest BCUT2D eigenvalue weighted by Crippen LogP contribution is 2.40. The number of pyridine rings is 1. The van der Waals surface area contributed by atoms with Crippen LogP contribution in [-0.2, 0) is 9.59 Å². The Bertz CT molecular complexity index is 1350. The number of likely N-dealkylation sites (tertiary alicyclic amines) is 1. The normalized spacial score (nSPS) is 17.1. The van der Waals surface area contributed by atoms with Gasteiger partial charge in [-0.3, -0.25) is 9.59 Å². The Hall–Kier alpha value is -3.65. The van der Waals surface area contributed by atoms with Crippen molar-refractivity contribution in [1.29, 1.82) is 0 Å². The van der Waals surface area contributed by atoms with Gasteiger partial charge in [0, 0.05) is 12.7 Å². The number of aromatic nitrogens is 2. The van der Waals surface area contributed by atoms with E-state index in [1.54, 1.807) is 4.90 Å². The van der Waals surface area contributed by atoms with Crippen LogP contribution in [0.5, 0.6) is 5.75 Å². The number of fused-ring (bicyclic) bond motifs is 1. The first-order valence-corrected chi connectivity index (χ1v) is 14.0. The van der Waals surface area contributed by atoms with E-state index in [0.717, 1.165) is 55.8 Å². The molecule has 1 saturated heterocycles. The molecule has 39 heavy (non-hydrogen) atoms. The van der Waals surface area contributed by atoms with E-state index in [1.807, 2.05) is 60.8 Å². The van der Waals surface area contributed by atoms with Crippen molar-refractivity contribution in [3.63, 3.8) is 0 Å². The van der Waals surface area contributed by atoms with Gasteiger partial charge in [-0.15, -0.1) is 0 Å². The summed E-state index contributed by atoms with van der Waals surface area (Å²) in [6.45, 7) is 13.8. The molecule has 0 spiro atoms. The van der Waals surface area contributed by atoms with Crippen molar-refractivity contribution in [3.8, 4) is 5.75 Å². The van der Waals surface area contributed by atoms with E-state index in [-0.39, 0.29) is 11.3 Å². The summed E-state index contributed by atoms with van der Waals surface area (Å²) in [4.78, 5) is 35.4. The molecule has 1 N–H and O–H groups in total. The van der Waals surface area contributed by atoms with Gasteiger partial charge in [-0.05, 0) is 75.6 Å². The third-order valence-electron chi connectivity index (χ3n) is 7.58. The molecule has 0 aliphatic carbocycles. The van der Waals surface area contributed by atoms with Crippen molar-refractivity contribution in [2.24, 2.45) is 0 Å². The van der Waals surface area contributed by atoms with Gasteiger partial charge in [0.2, 0.25) is 0 Å². The van der Waals surface area contributed by atoms with E-state index in [2.05, 4.69) is 30.7 Å². The third kappa shape index (κ3) is 5.71. The summed E-state index contributed by atoms with van der Waals surface area (Å²) in [6.07, 6.45) is 4.60. The Kier molecular flexibility index (Phi) is 9.07. The number of carbonyl (C=O) groups is 2. The molecule has 3 heterocycles. The fourth-order valence-corrected chi connectivity index (χ4v) is 5.22. The van der Waals surface area contributed by atoms with Gasteiger partial charge in [0.05, 0.1) is 23.9 Å². The first kappa shape index (κ1) is 28.4. The first-order chi connectivity index (χ1) is 18.8. The minimum atomic E-state index is -0.711. The number of aliphatic hydroxyl groups excluding tert-OH is 1. The van der Waals surface area contributed by atoms with Crippen LogP contribution < -0.4 is 4.74 Å². The number of imidazole rings is 1. The molecule has 8 heteroatoms. The first-order valence-electron chi connectivity index (χ1n) is 14.0. The largest absolute Gasteiger partial charge is 0.505 e. The van der Waals surface area contributed by atoms with Crippen molar-refractivity contribution in [2.75, 3.05) is 32.8 Å². The molecule has 1 fully saturated rings. The highest BCUT2D eigenvalue weighted by atomic mass is 16.5. The summed E-state index contributed by atoms with van der Waals surface area (Å²) >= 11 is 0. The van der Waals surface area contributed by atoms with Crippen molar-refractivity contribution in [1.82, 2.24) is 19.2 Å². The molecular formula is C31H40N4O4. The van der Waals surface area contributed by atoms with Gasteiger partial charge in [-0.2, -0.15) is 0 Å². The van der Waals surface area contributed by atoms with Crippen LogP contribution in [0, 0.1) is 13.8 Å². The summed E-state index contributed by atoms with van der Waals surface area (Å²) in [5, 5.41) is 11.6. The third-order valence-corrected chi connectivity index (χ3v) is 7.58. The smallest absolute Gasteiger partial charge is 0.295 e. The topological polar surface area (TPSA) is 87.4 Å². The number of rotatable bonds is 12. The number of benzene rings is 1. The summed E-state index contributed by atoms with van der Waals surface area (Å²) < 4.78 is 7.72. The van der Waals surface area contributed by atoms with Gasteiger partial charge in [0.15, 0.2) is 5.76 Å². The monoisotopic (exact) mass is 532 g/mol. The number of nitrogens with zero attached hydrogens (tertiary/aromatic N) is 4. The molecule has 3 aromatic rings. The maximum Gasteiger partial charge on any atom is 0.295 e.